The van der Waals surface area contributed by atoms with E-state index in [1.165, 1.54) is 32.1 Å². The summed E-state index contributed by atoms with van der Waals surface area (Å²) in [5.41, 5.74) is -0.0141. The number of hydrogen-bond donors (Lipinski definition) is 2. The van der Waals surface area contributed by atoms with Crippen LogP contribution in [0.4, 0.5) is 0 Å². The quantitative estimate of drug-likeness (QED) is 0.308. The van der Waals surface area contributed by atoms with Crippen molar-refractivity contribution in [1.82, 2.24) is 10.6 Å². The summed E-state index contributed by atoms with van der Waals surface area (Å²) in [5, 5.41) is 6.71. The fourth-order valence-electron chi connectivity index (χ4n) is 2.23. The third-order valence-corrected chi connectivity index (χ3v) is 3.48. The van der Waals surface area contributed by atoms with Crippen molar-refractivity contribution in [2.75, 3.05) is 26.7 Å². The number of aliphatic imine (C=N–C) groups is 1. The predicted octanol–water partition coefficient (Wildman–Crippen LogP) is 2.92. The van der Waals surface area contributed by atoms with E-state index in [4.69, 9.17) is 4.74 Å². The van der Waals surface area contributed by atoms with Crippen LogP contribution in [-0.2, 0) is 4.74 Å². The molecule has 0 aliphatic carbocycles. The topological polar surface area (TPSA) is 45.7 Å². The molecular weight excluding hydrogens is 353 g/mol. The number of ether oxygens (including phenoxy) is 1. The monoisotopic (exact) mass is 383 g/mol. The molecule has 1 atom stereocenters. The van der Waals surface area contributed by atoms with Gasteiger partial charge in [0.25, 0.3) is 0 Å². The summed E-state index contributed by atoms with van der Waals surface area (Å²) < 4.78 is 5.75. The molecule has 1 rings (SSSR count). The summed E-state index contributed by atoms with van der Waals surface area (Å²) in [6.07, 6.45) is 7.40. The highest BCUT2D eigenvalue weighted by Crippen LogP contribution is 2.23. The standard InChI is InChI=1S/C14H29N3O.HI/c1-4-5-6-7-10-16-13(15-3)17-12-14(2)9-8-11-18-14;/h4-12H2,1-3H3,(H2,15,16,17);1H. The van der Waals surface area contributed by atoms with Gasteiger partial charge in [-0.3, -0.25) is 4.99 Å². The minimum Gasteiger partial charge on any atom is -0.373 e. The average molecular weight is 383 g/mol. The minimum absolute atomic E-state index is 0. The fourth-order valence-corrected chi connectivity index (χ4v) is 2.23. The predicted molar refractivity (Wildman–Crippen MR) is 92.5 cm³/mol. The molecule has 0 aromatic carbocycles. The first-order valence-electron chi connectivity index (χ1n) is 7.28. The number of guanidine groups is 1. The Hall–Kier alpha value is -0.0400. The molecule has 2 N–H and O–H groups in total. The molecule has 5 heteroatoms. The van der Waals surface area contributed by atoms with Crippen molar-refractivity contribution in [3.05, 3.63) is 0 Å². The summed E-state index contributed by atoms with van der Waals surface area (Å²) in [6.45, 7) is 7.12. The third kappa shape index (κ3) is 7.97. The number of nitrogens with one attached hydrogen (secondary N) is 2. The van der Waals surface area contributed by atoms with Gasteiger partial charge in [-0.2, -0.15) is 0 Å². The van der Waals surface area contributed by atoms with Crippen LogP contribution >= 0.6 is 24.0 Å². The van der Waals surface area contributed by atoms with E-state index in [9.17, 15) is 0 Å². The van der Waals surface area contributed by atoms with Crippen LogP contribution in [0, 0.1) is 0 Å². The first-order valence-corrected chi connectivity index (χ1v) is 7.28. The summed E-state index contributed by atoms with van der Waals surface area (Å²) in [5.74, 6) is 0.892. The van der Waals surface area contributed by atoms with E-state index in [0.717, 1.165) is 32.1 Å². The van der Waals surface area contributed by atoms with Gasteiger partial charge in [0.15, 0.2) is 5.96 Å². The molecule has 1 unspecified atom stereocenters. The lowest BCUT2D eigenvalue weighted by Gasteiger charge is -2.24. The van der Waals surface area contributed by atoms with E-state index < -0.39 is 0 Å². The van der Waals surface area contributed by atoms with Crippen molar-refractivity contribution in [3.63, 3.8) is 0 Å². The van der Waals surface area contributed by atoms with Gasteiger partial charge in [-0.15, -0.1) is 24.0 Å². The maximum Gasteiger partial charge on any atom is 0.191 e. The minimum atomic E-state index is -0.0141. The molecule has 19 heavy (non-hydrogen) atoms. The molecule has 1 heterocycles. The van der Waals surface area contributed by atoms with Crippen molar-refractivity contribution in [2.24, 2.45) is 4.99 Å². The zero-order chi connectivity index (χ0) is 13.3. The molecule has 114 valence electrons. The van der Waals surface area contributed by atoms with Crippen molar-refractivity contribution in [3.8, 4) is 0 Å². The molecule has 0 saturated carbocycles. The van der Waals surface area contributed by atoms with Crippen LogP contribution in [0.3, 0.4) is 0 Å². The Morgan fingerprint density at radius 2 is 2.05 bits per heavy atom. The molecule has 0 spiro atoms. The van der Waals surface area contributed by atoms with E-state index in [1.54, 1.807) is 0 Å². The highest BCUT2D eigenvalue weighted by atomic mass is 127. The van der Waals surface area contributed by atoms with E-state index in [0.29, 0.717) is 0 Å². The van der Waals surface area contributed by atoms with Gasteiger partial charge in [-0.05, 0) is 26.2 Å². The second-order valence-corrected chi connectivity index (χ2v) is 5.32. The Kier molecular flexibility index (Phi) is 10.7. The van der Waals surface area contributed by atoms with Gasteiger partial charge in [0.1, 0.15) is 0 Å². The van der Waals surface area contributed by atoms with Crippen LogP contribution in [0.5, 0.6) is 0 Å². The number of hydrogen-bond acceptors (Lipinski definition) is 2. The smallest absolute Gasteiger partial charge is 0.191 e. The first-order chi connectivity index (χ1) is 8.70. The zero-order valence-electron chi connectivity index (χ0n) is 12.6. The first kappa shape index (κ1) is 19.0. The summed E-state index contributed by atoms with van der Waals surface area (Å²) in [4.78, 5) is 4.24. The van der Waals surface area contributed by atoms with Crippen molar-refractivity contribution < 1.29 is 4.74 Å². The Morgan fingerprint density at radius 1 is 1.26 bits per heavy atom. The van der Waals surface area contributed by atoms with Gasteiger partial charge < -0.3 is 15.4 Å². The van der Waals surface area contributed by atoms with Gasteiger partial charge in [0.05, 0.1) is 5.60 Å². The zero-order valence-corrected chi connectivity index (χ0v) is 15.0. The number of halogens is 1. The largest absolute Gasteiger partial charge is 0.373 e. The summed E-state index contributed by atoms with van der Waals surface area (Å²) >= 11 is 0. The molecule has 1 aliphatic heterocycles. The molecule has 0 aromatic heterocycles. The fraction of sp³-hybridized carbons (Fsp3) is 0.929. The normalized spacial score (nSPS) is 23.0. The summed E-state index contributed by atoms with van der Waals surface area (Å²) in [7, 11) is 1.82. The summed E-state index contributed by atoms with van der Waals surface area (Å²) in [6, 6.07) is 0. The maximum atomic E-state index is 5.75. The van der Waals surface area contributed by atoms with Gasteiger partial charge in [-0.25, -0.2) is 0 Å². The average Bonchev–Trinajstić information content (AvgIpc) is 2.80. The van der Waals surface area contributed by atoms with E-state index >= 15 is 0 Å². The Balaban J connectivity index is 0.00000324. The number of nitrogens with zero attached hydrogens (tertiary/aromatic N) is 1. The number of unbranched alkanes of at least 4 members (excludes halogenated alkanes) is 3. The highest BCUT2D eigenvalue weighted by molar-refractivity contribution is 14.0. The Bertz CT molecular complexity index is 253. The second-order valence-electron chi connectivity index (χ2n) is 5.32. The van der Waals surface area contributed by atoms with Crippen molar-refractivity contribution in [1.29, 1.82) is 0 Å². The molecule has 0 radical (unpaired) electrons. The lowest BCUT2D eigenvalue weighted by atomic mass is 10.0. The third-order valence-electron chi connectivity index (χ3n) is 3.48. The van der Waals surface area contributed by atoms with E-state index in [1.807, 2.05) is 7.05 Å². The second kappa shape index (κ2) is 10.7. The van der Waals surface area contributed by atoms with Crippen LogP contribution in [0.25, 0.3) is 0 Å². The van der Waals surface area contributed by atoms with Gasteiger partial charge in [0.2, 0.25) is 0 Å². The molecule has 1 saturated heterocycles. The van der Waals surface area contributed by atoms with Crippen LogP contribution in [0.15, 0.2) is 4.99 Å². The van der Waals surface area contributed by atoms with Crippen molar-refractivity contribution in [2.45, 2.75) is 58.0 Å². The lowest BCUT2D eigenvalue weighted by Crippen LogP contribution is -2.45. The molecule has 0 aromatic rings. The van der Waals surface area contributed by atoms with Crippen LogP contribution in [0.1, 0.15) is 52.4 Å². The van der Waals surface area contributed by atoms with E-state index in [-0.39, 0.29) is 29.6 Å². The highest BCUT2D eigenvalue weighted by Gasteiger charge is 2.29. The molecule has 1 aliphatic rings. The van der Waals surface area contributed by atoms with Crippen molar-refractivity contribution >= 4 is 29.9 Å². The van der Waals surface area contributed by atoms with Crippen LogP contribution in [0.2, 0.25) is 0 Å². The van der Waals surface area contributed by atoms with Gasteiger partial charge in [0, 0.05) is 26.7 Å². The van der Waals surface area contributed by atoms with Gasteiger partial charge >= 0.3 is 0 Å². The maximum absolute atomic E-state index is 5.75. The molecule has 1 fully saturated rings. The SMILES string of the molecule is CCCCCCNC(=NC)NCC1(C)CCCO1.I. The van der Waals surface area contributed by atoms with Gasteiger partial charge in [-0.1, -0.05) is 26.2 Å². The Morgan fingerprint density at radius 3 is 2.63 bits per heavy atom. The lowest BCUT2D eigenvalue weighted by molar-refractivity contribution is 0.0243. The number of rotatable bonds is 7. The Labute approximate surface area is 135 Å². The van der Waals surface area contributed by atoms with E-state index in [2.05, 4.69) is 29.5 Å². The molecular formula is C14H30IN3O. The molecule has 4 nitrogen and oxygen atoms in total. The molecule has 0 amide bonds. The molecule has 0 bridgehead atoms. The van der Waals surface area contributed by atoms with Crippen LogP contribution < -0.4 is 10.6 Å². The van der Waals surface area contributed by atoms with Crippen LogP contribution in [-0.4, -0.2) is 38.3 Å².